The van der Waals surface area contributed by atoms with Gasteiger partial charge in [-0.2, -0.15) is 0 Å². The van der Waals surface area contributed by atoms with E-state index in [0.29, 0.717) is 6.54 Å². The number of pyridine rings is 1. The van der Waals surface area contributed by atoms with Gasteiger partial charge in [-0.15, -0.1) is 0 Å². The first-order valence-electron chi connectivity index (χ1n) is 10.0. The van der Waals surface area contributed by atoms with Gasteiger partial charge in [-0.3, -0.25) is 0 Å². The number of para-hydroxylation sites is 1. The van der Waals surface area contributed by atoms with E-state index < -0.39 is 6.10 Å². The molecular formula is C26H25N2O2+. The summed E-state index contributed by atoms with van der Waals surface area (Å²) in [6.07, 6.45) is 3.37. The molecule has 0 aliphatic heterocycles. The molecule has 4 nitrogen and oxygen atoms in total. The Morgan fingerprint density at radius 2 is 1.27 bits per heavy atom. The van der Waals surface area contributed by atoms with Crippen LogP contribution in [0.5, 0.6) is 5.75 Å². The number of rotatable bonds is 8. The van der Waals surface area contributed by atoms with Crippen molar-refractivity contribution in [2.45, 2.75) is 12.6 Å². The number of nitrogens with zero attached hydrogens (tertiary/aromatic N) is 1. The zero-order valence-electron chi connectivity index (χ0n) is 16.7. The minimum absolute atomic E-state index is 0.235. The highest BCUT2D eigenvalue weighted by Gasteiger charge is 2.12. The van der Waals surface area contributed by atoms with Crippen molar-refractivity contribution < 1.29 is 14.4 Å². The van der Waals surface area contributed by atoms with Crippen LogP contribution in [-0.2, 0) is 6.54 Å². The number of aliphatic hydroxyl groups excluding tert-OH is 1. The molecule has 1 unspecified atom stereocenters. The smallest absolute Gasteiger partial charge is 0.177 e. The van der Waals surface area contributed by atoms with E-state index in [1.807, 2.05) is 89.8 Å². The molecule has 1 heterocycles. The molecule has 0 amide bonds. The van der Waals surface area contributed by atoms with Gasteiger partial charge in [0, 0.05) is 23.5 Å². The zero-order valence-corrected chi connectivity index (χ0v) is 16.7. The highest BCUT2D eigenvalue weighted by atomic mass is 16.5. The van der Waals surface area contributed by atoms with Gasteiger partial charge in [-0.05, 0) is 47.5 Å². The fourth-order valence-corrected chi connectivity index (χ4v) is 3.21. The molecule has 1 aromatic heterocycles. The van der Waals surface area contributed by atoms with Crippen molar-refractivity contribution in [3.05, 3.63) is 109 Å². The molecule has 30 heavy (non-hydrogen) atoms. The molecule has 0 aliphatic carbocycles. The summed E-state index contributed by atoms with van der Waals surface area (Å²) in [5, 5.41) is 13.7. The van der Waals surface area contributed by atoms with Crippen LogP contribution in [0.1, 0.15) is 0 Å². The van der Waals surface area contributed by atoms with Gasteiger partial charge in [-0.1, -0.05) is 48.5 Å². The predicted octanol–water partition coefficient (Wildman–Crippen LogP) is 4.82. The second-order valence-electron chi connectivity index (χ2n) is 7.13. The van der Waals surface area contributed by atoms with Crippen LogP contribution >= 0.6 is 0 Å². The van der Waals surface area contributed by atoms with Gasteiger partial charge in [-0.25, -0.2) is 4.57 Å². The monoisotopic (exact) mass is 397 g/mol. The third-order valence-corrected chi connectivity index (χ3v) is 4.78. The lowest BCUT2D eigenvalue weighted by Gasteiger charge is -2.11. The van der Waals surface area contributed by atoms with Gasteiger partial charge < -0.3 is 15.2 Å². The third-order valence-electron chi connectivity index (χ3n) is 4.78. The fourth-order valence-electron chi connectivity index (χ4n) is 3.21. The average molecular weight is 397 g/mol. The molecular weight excluding hydrogens is 372 g/mol. The molecule has 0 bridgehead atoms. The van der Waals surface area contributed by atoms with Crippen LogP contribution in [-0.4, -0.2) is 17.8 Å². The Hall–Kier alpha value is -3.63. The molecule has 0 saturated heterocycles. The summed E-state index contributed by atoms with van der Waals surface area (Å²) in [6, 6.07) is 32.1. The number of nitrogens with one attached hydrogen (secondary N) is 1. The van der Waals surface area contributed by atoms with Crippen molar-refractivity contribution in [1.82, 2.24) is 0 Å². The number of aromatic nitrogens is 1. The van der Waals surface area contributed by atoms with Gasteiger partial charge in [0.1, 0.15) is 18.5 Å². The number of hydrogen-bond donors (Lipinski definition) is 2. The summed E-state index contributed by atoms with van der Waals surface area (Å²) in [5.41, 5.74) is 4.36. The van der Waals surface area contributed by atoms with Crippen molar-refractivity contribution in [2.24, 2.45) is 0 Å². The summed E-state index contributed by atoms with van der Waals surface area (Å²) in [6.45, 7) is 0.710. The maximum Gasteiger partial charge on any atom is 0.177 e. The first-order chi connectivity index (χ1) is 14.8. The molecule has 150 valence electrons. The van der Waals surface area contributed by atoms with Crippen LogP contribution < -0.4 is 14.6 Å². The normalized spacial score (nSPS) is 11.6. The van der Waals surface area contributed by atoms with Crippen LogP contribution in [0.15, 0.2) is 109 Å². The Labute approximate surface area is 177 Å². The van der Waals surface area contributed by atoms with E-state index >= 15 is 0 Å². The van der Waals surface area contributed by atoms with Crippen LogP contribution in [0.2, 0.25) is 0 Å². The van der Waals surface area contributed by atoms with Gasteiger partial charge in [0.25, 0.3) is 0 Å². The first-order valence-corrected chi connectivity index (χ1v) is 10.0. The molecule has 3 aromatic carbocycles. The largest absolute Gasteiger partial charge is 0.491 e. The van der Waals surface area contributed by atoms with Crippen molar-refractivity contribution in [3.63, 3.8) is 0 Å². The molecule has 0 saturated carbocycles. The topological polar surface area (TPSA) is 45.4 Å². The molecule has 2 N–H and O–H groups in total. The highest BCUT2D eigenvalue weighted by molar-refractivity contribution is 5.62. The Morgan fingerprint density at radius 1 is 0.700 bits per heavy atom. The molecule has 0 spiro atoms. The second-order valence-corrected chi connectivity index (χ2v) is 7.13. The van der Waals surface area contributed by atoms with Crippen LogP contribution in [0.4, 0.5) is 11.4 Å². The Balaban J connectivity index is 1.27. The lowest BCUT2D eigenvalue weighted by Crippen LogP contribution is -2.41. The van der Waals surface area contributed by atoms with E-state index in [1.54, 1.807) is 0 Å². The Morgan fingerprint density at radius 3 is 1.93 bits per heavy atom. The van der Waals surface area contributed by atoms with Crippen LogP contribution in [0.25, 0.3) is 11.1 Å². The van der Waals surface area contributed by atoms with E-state index in [-0.39, 0.29) is 6.61 Å². The third kappa shape index (κ3) is 5.46. The summed E-state index contributed by atoms with van der Waals surface area (Å²) < 4.78 is 7.71. The van der Waals surface area contributed by atoms with Gasteiger partial charge in [0.05, 0.1) is 0 Å². The predicted molar refractivity (Wildman–Crippen MR) is 120 cm³/mol. The summed E-state index contributed by atoms with van der Waals surface area (Å²) >= 11 is 0. The molecule has 0 radical (unpaired) electrons. The highest BCUT2D eigenvalue weighted by Crippen LogP contribution is 2.20. The fraction of sp³-hybridized carbons (Fsp3) is 0.115. The number of anilines is 2. The molecule has 4 heteroatoms. The van der Waals surface area contributed by atoms with Crippen molar-refractivity contribution in [3.8, 4) is 16.9 Å². The lowest BCUT2D eigenvalue weighted by molar-refractivity contribution is -0.703. The summed E-state index contributed by atoms with van der Waals surface area (Å²) in [4.78, 5) is 0. The second kappa shape index (κ2) is 9.72. The lowest BCUT2D eigenvalue weighted by atomic mass is 10.1. The number of aliphatic hydroxyl groups is 1. The number of benzene rings is 3. The molecule has 0 aliphatic rings. The minimum atomic E-state index is -0.598. The quantitative estimate of drug-likeness (QED) is 0.419. The maximum absolute atomic E-state index is 10.3. The summed E-state index contributed by atoms with van der Waals surface area (Å²) in [5.74, 6) is 0.733. The molecule has 0 fully saturated rings. The van der Waals surface area contributed by atoms with Gasteiger partial charge >= 0.3 is 0 Å². The van der Waals surface area contributed by atoms with E-state index in [1.165, 1.54) is 5.56 Å². The van der Waals surface area contributed by atoms with Crippen LogP contribution in [0, 0.1) is 0 Å². The minimum Gasteiger partial charge on any atom is -0.491 e. The van der Waals surface area contributed by atoms with Gasteiger partial charge in [0.2, 0.25) is 0 Å². The molecule has 4 aromatic rings. The Kier molecular flexibility index (Phi) is 6.38. The summed E-state index contributed by atoms with van der Waals surface area (Å²) in [7, 11) is 0. The number of ether oxygens (including phenoxy) is 1. The zero-order chi connectivity index (χ0) is 20.6. The van der Waals surface area contributed by atoms with E-state index in [9.17, 15) is 5.11 Å². The van der Waals surface area contributed by atoms with Crippen molar-refractivity contribution in [1.29, 1.82) is 0 Å². The van der Waals surface area contributed by atoms with Gasteiger partial charge in [0.15, 0.2) is 18.9 Å². The SMILES string of the molecule is OC(COc1ccc(Nc2ccccc2)cc1)C[n+]1ccc(-c2ccccc2)cc1. The van der Waals surface area contributed by atoms with Crippen molar-refractivity contribution in [2.75, 3.05) is 11.9 Å². The van der Waals surface area contributed by atoms with E-state index in [2.05, 4.69) is 29.6 Å². The number of hydrogen-bond acceptors (Lipinski definition) is 3. The van der Waals surface area contributed by atoms with Crippen molar-refractivity contribution >= 4 is 11.4 Å². The standard InChI is InChI=1S/C26H25N2O2/c29-25(19-28-17-15-22(16-18-28)21-7-3-1-4-8-21)20-30-26-13-11-24(12-14-26)27-23-9-5-2-6-10-23/h1-18,25,27,29H,19-20H2/q+1. The van der Waals surface area contributed by atoms with Crippen LogP contribution in [0.3, 0.4) is 0 Å². The molecule has 1 atom stereocenters. The molecule has 4 rings (SSSR count). The maximum atomic E-state index is 10.3. The van der Waals surface area contributed by atoms with E-state index in [4.69, 9.17) is 4.74 Å². The Bertz CT molecular complexity index is 1030. The average Bonchev–Trinajstić information content (AvgIpc) is 2.80. The van der Waals surface area contributed by atoms with E-state index in [0.717, 1.165) is 22.7 Å². The first kappa shape index (κ1) is 19.7.